The van der Waals surface area contributed by atoms with E-state index in [1.807, 2.05) is 39.0 Å². The van der Waals surface area contributed by atoms with E-state index in [-0.39, 0.29) is 16.5 Å². The minimum absolute atomic E-state index is 0.0504. The highest BCUT2D eigenvalue weighted by Crippen LogP contribution is 2.26. The smallest absolute Gasteiger partial charge is 0.266 e. The lowest BCUT2D eigenvalue weighted by Crippen LogP contribution is -2.15. The summed E-state index contributed by atoms with van der Waals surface area (Å²) >= 11 is 0. The lowest BCUT2D eigenvalue weighted by atomic mass is 10.1. The monoisotopic (exact) mass is 398 g/mol. The Balaban J connectivity index is 1.80. The van der Waals surface area contributed by atoms with Gasteiger partial charge in [-0.3, -0.25) is 4.72 Å². The van der Waals surface area contributed by atoms with Gasteiger partial charge in [0.25, 0.3) is 10.0 Å². The van der Waals surface area contributed by atoms with E-state index < -0.39 is 10.0 Å². The fourth-order valence-electron chi connectivity index (χ4n) is 2.65. The number of aromatic nitrogens is 2. The van der Waals surface area contributed by atoms with Gasteiger partial charge < -0.3 is 10.1 Å². The molecule has 146 valence electrons. The van der Waals surface area contributed by atoms with Crippen LogP contribution >= 0.6 is 0 Å². The Labute approximate surface area is 164 Å². The average molecular weight is 398 g/mol. The number of nitrogens with one attached hydrogen (secondary N) is 2. The second-order valence-electron chi connectivity index (χ2n) is 6.51. The Bertz CT molecular complexity index is 1100. The van der Waals surface area contributed by atoms with Crippen molar-refractivity contribution in [3.8, 4) is 5.75 Å². The summed E-state index contributed by atoms with van der Waals surface area (Å²) in [5.41, 5.74) is 3.92. The summed E-state index contributed by atoms with van der Waals surface area (Å²) in [5, 5.41) is 11.2. The van der Waals surface area contributed by atoms with Gasteiger partial charge in [0, 0.05) is 5.69 Å². The van der Waals surface area contributed by atoms with Gasteiger partial charge in [0.05, 0.1) is 7.11 Å². The summed E-state index contributed by atoms with van der Waals surface area (Å²) in [6, 6.07) is 14.2. The summed E-state index contributed by atoms with van der Waals surface area (Å²) < 4.78 is 33.0. The van der Waals surface area contributed by atoms with Crippen LogP contribution in [-0.2, 0) is 10.0 Å². The number of nitrogens with zero attached hydrogens (tertiary/aromatic N) is 2. The van der Waals surface area contributed by atoms with Crippen molar-refractivity contribution in [1.29, 1.82) is 0 Å². The zero-order valence-electron chi connectivity index (χ0n) is 16.1. The highest BCUT2D eigenvalue weighted by molar-refractivity contribution is 7.92. The first-order chi connectivity index (χ1) is 13.3. The van der Waals surface area contributed by atoms with Crippen LogP contribution in [0.15, 0.2) is 53.4 Å². The molecule has 3 rings (SSSR count). The third-order valence-electron chi connectivity index (χ3n) is 4.17. The zero-order chi connectivity index (χ0) is 20.3. The summed E-state index contributed by atoms with van der Waals surface area (Å²) in [7, 11) is -2.43. The van der Waals surface area contributed by atoms with Gasteiger partial charge in [0.15, 0.2) is 11.6 Å². The summed E-state index contributed by atoms with van der Waals surface area (Å²) in [6.07, 6.45) is 0. The summed E-state index contributed by atoms with van der Waals surface area (Å²) in [5.74, 6) is 0.902. The first kappa shape index (κ1) is 19.6. The van der Waals surface area contributed by atoms with Crippen molar-refractivity contribution in [3.05, 3.63) is 65.2 Å². The molecule has 8 heteroatoms. The molecule has 0 atom stereocenters. The van der Waals surface area contributed by atoms with Gasteiger partial charge in [-0.05, 0) is 67.8 Å². The van der Waals surface area contributed by atoms with Gasteiger partial charge in [-0.1, -0.05) is 18.2 Å². The van der Waals surface area contributed by atoms with Crippen LogP contribution in [0, 0.1) is 20.8 Å². The molecule has 0 aliphatic carbocycles. The number of hydrogen-bond acceptors (Lipinski definition) is 6. The Morgan fingerprint density at radius 2 is 1.50 bits per heavy atom. The number of hydrogen-bond donors (Lipinski definition) is 2. The number of anilines is 3. The number of rotatable bonds is 6. The lowest BCUT2D eigenvalue weighted by molar-refractivity contribution is 0.402. The van der Waals surface area contributed by atoms with Crippen LogP contribution in [0.1, 0.15) is 16.7 Å². The van der Waals surface area contributed by atoms with Crippen molar-refractivity contribution < 1.29 is 13.2 Å². The van der Waals surface area contributed by atoms with E-state index in [0.717, 1.165) is 22.4 Å². The highest BCUT2D eigenvalue weighted by atomic mass is 32.2. The van der Waals surface area contributed by atoms with Crippen LogP contribution in [0.5, 0.6) is 5.75 Å². The summed E-state index contributed by atoms with van der Waals surface area (Å²) in [6.45, 7) is 5.81. The maximum atomic E-state index is 12.7. The fourth-order valence-corrected chi connectivity index (χ4v) is 3.90. The second kappa shape index (κ2) is 7.85. The van der Waals surface area contributed by atoms with Crippen LogP contribution in [0.3, 0.4) is 0 Å². The lowest BCUT2D eigenvalue weighted by Gasteiger charge is -2.12. The van der Waals surface area contributed by atoms with Gasteiger partial charge in [0.1, 0.15) is 10.6 Å². The number of aryl methyl sites for hydroxylation is 3. The molecule has 0 spiro atoms. The quantitative estimate of drug-likeness (QED) is 0.653. The number of methoxy groups -OCH3 is 1. The fraction of sp³-hybridized carbons (Fsp3) is 0.200. The summed E-state index contributed by atoms with van der Waals surface area (Å²) in [4.78, 5) is 0.0504. The predicted octanol–water partition coefficient (Wildman–Crippen LogP) is 3.95. The number of sulfonamides is 1. The molecular formula is C20H22N4O3S. The molecule has 0 saturated heterocycles. The maximum Gasteiger partial charge on any atom is 0.266 e. The SMILES string of the molecule is COc1ccc(C)cc1S(=O)(=O)Nc1ccc(Nc2cc(C)ccc2C)nn1. The van der Waals surface area contributed by atoms with Crippen molar-refractivity contribution >= 4 is 27.3 Å². The predicted molar refractivity (Wildman–Crippen MR) is 110 cm³/mol. The molecule has 0 aliphatic heterocycles. The minimum Gasteiger partial charge on any atom is -0.495 e. The standard InChI is InChI=1S/C20H22N4O3S/c1-13-5-7-15(3)16(11-13)21-19-9-10-20(23-22-19)24-28(25,26)18-12-14(2)6-8-17(18)27-4/h5-12H,1-4H3,(H,21,22)(H,23,24). The molecular weight excluding hydrogens is 376 g/mol. The molecule has 1 heterocycles. The molecule has 0 fully saturated rings. The van der Waals surface area contributed by atoms with E-state index >= 15 is 0 Å². The number of ether oxygens (including phenoxy) is 1. The molecule has 0 unspecified atom stereocenters. The van der Waals surface area contributed by atoms with E-state index in [0.29, 0.717) is 5.82 Å². The second-order valence-corrected chi connectivity index (χ2v) is 8.16. The molecule has 2 aromatic carbocycles. The normalized spacial score (nSPS) is 11.1. The van der Waals surface area contributed by atoms with Crippen molar-refractivity contribution in [2.24, 2.45) is 0 Å². The third-order valence-corrected chi connectivity index (χ3v) is 5.54. The Morgan fingerprint density at radius 1 is 0.857 bits per heavy atom. The Hall–Kier alpha value is -3.13. The zero-order valence-corrected chi connectivity index (χ0v) is 17.0. The number of benzene rings is 2. The van der Waals surface area contributed by atoms with E-state index in [1.165, 1.54) is 7.11 Å². The van der Waals surface area contributed by atoms with Crippen LogP contribution in [0.25, 0.3) is 0 Å². The van der Waals surface area contributed by atoms with Crippen molar-refractivity contribution in [2.75, 3.05) is 17.1 Å². The molecule has 28 heavy (non-hydrogen) atoms. The Kier molecular flexibility index (Phi) is 5.51. The van der Waals surface area contributed by atoms with Crippen LogP contribution in [0.4, 0.5) is 17.3 Å². The molecule has 0 amide bonds. The first-order valence-corrected chi connectivity index (χ1v) is 10.1. The highest BCUT2D eigenvalue weighted by Gasteiger charge is 2.20. The molecule has 1 aromatic heterocycles. The average Bonchev–Trinajstić information content (AvgIpc) is 2.66. The molecule has 2 N–H and O–H groups in total. The van der Waals surface area contributed by atoms with E-state index in [4.69, 9.17) is 4.74 Å². The van der Waals surface area contributed by atoms with Crippen molar-refractivity contribution in [3.63, 3.8) is 0 Å². The third kappa shape index (κ3) is 4.40. The largest absolute Gasteiger partial charge is 0.495 e. The van der Waals surface area contributed by atoms with Gasteiger partial charge in [-0.25, -0.2) is 8.42 Å². The van der Waals surface area contributed by atoms with Gasteiger partial charge in [-0.15, -0.1) is 10.2 Å². The Morgan fingerprint density at radius 3 is 2.18 bits per heavy atom. The molecule has 0 radical (unpaired) electrons. The van der Waals surface area contributed by atoms with Crippen molar-refractivity contribution in [2.45, 2.75) is 25.7 Å². The van der Waals surface area contributed by atoms with E-state index in [1.54, 1.807) is 30.3 Å². The van der Waals surface area contributed by atoms with Crippen LogP contribution in [0.2, 0.25) is 0 Å². The van der Waals surface area contributed by atoms with Crippen LogP contribution < -0.4 is 14.8 Å². The minimum atomic E-state index is -3.86. The van der Waals surface area contributed by atoms with Gasteiger partial charge >= 0.3 is 0 Å². The van der Waals surface area contributed by atoms with Crippen LogP contribution in [-0.4, -0.2) is 25.7 Å². The van der Waals surface area contributed by atoms with Gasteiger partial charge in [0.2, 0.25) is 0 Å². The topological polar surface area (TPSA) is 93.2 Å². The molecule has 3 aromatic rings. The maximum absolute atomic E-state index is 12.7. The van der Waals surface area contributed by atoms with E-state index in [9.17, 15) is 8.42 Å². The molecule has 0 saturated carbocycles. The van der Waals surface area contributed by atoms with E-state index in [2.05, 4.69) is 20.2 Å². The van der Waals surface area contributed by atoms with Crippen molar-refractivity contribution in [1.82, 2.24) is 10.2 Å². The molecule has 0 bridgehead atoms. The molecule has 0 aliphatic rings. The van der Waals surface area contributed by atoms with Gasteiger partial charge in [-0.2, -0.15) is 0 Å². The molecule has 7 nitrogen and oxygen atoms in total. The first-order valence-electron chi connectivity index (χ1n) is 8.64.